The van der Waals surface area contributed by atoms with Gasteiger partial charge >= 0.3 is 0 Å². The fourth-order valence-corrected chi connectivity index (χ4v) is 6.36. The summed E-state index contributed by atoms with van der Waals surface area (Å²) in [5.41, 5.74) is 10.5. The van der Waals surface area contributed by atoms with Crippen LogP contribution in [0.2, 0.25) is 0 Å². The van der Waals surface area contributed by atoms with E-state index in [1.54, 1.807) is 7.11 Å². The number of piperazine rings is 1. The number of benzene rings is 2. The molecule has 2 aromatic heterocycles. The smallest absolute Gasteiger partial charge is 0.224 e. The second-order valence-electron chi connectivity index (χ2n) is 11.5. The number of ether oxygens (including phenoxy) is 1. The summed E-state index contributed by atoms with van der Waals surface area (Å²) in [6.07, 6.45) is 6.98. The number of fused-ring (bicyclic) bond motifs is 1. The number of nitrogen functional groups attached to an aromatic ring is 1. The molecule has 0 atom stereocenters. The molecular formula is C32H40N8O2. The first-order chi connectivity index (χ1) is 20.5. The normalized spacial score (nSPS) is 20.0. The lowest BCUT2D eigenvalue weighted by molar-refractivity contribution is -0.116. The van der Waals surface area contributed by atoms with Gasteiger partial charge in [0.15, 0.2) is 5.65 Å². The van der Waals surface area contributed by atoms with Gasteiger partial charge in [-0.3, -0.25) is 9.69 Å². The minimum absolute atomic E-state index is 0.0653. The lowest BCUT2D eigenvalue weighted by Gasteiger charge is -2.41. The largest absolute Gasteiger partial charge is 0.495 e. The molecule has 2 aliphatic rings. The SMILES string of the molecule is COc1cc(-c2nn([C@H]3CC[C@@H](N4CCN(C)CC4)CC3)c3ncnc(N)c23)ccc1NC(=O)CCc1ccccc1. The van der Waals surface area contributed by atoms with E-state index in [4.69, 9.17) is 15.6 Å². The number of carbonyl (C=O) groups is 1. The van der Waals surface area contributed by atoms with Crippen LogP contribution in [0.5, 0.6) is 5.75 Å². The van der Waals surface area contributed by atoms with E-state index >= 15 is 0 Å². The molecule has 0 radical (unpaired) electrons. The highest BCUT2D eigenvalue weighted by atomic mass is 16.5. The fourth-order valence-electron chi connectivity index (χ4n) is 6.36. The Morgan fingerprint density at radius 3 is 2.48 bits per heavy atom. The summed E-state index contributed by atoms with van der Waals surface area (Å²) in [4.78, 5) is 26.7. The summed E-state index contributed by atoms with van der Waals surface area (Å²) in [5.74, 6) is 0.903. The zero-order valence-electron chi connectivity index (χ0n) is 24.5. The Kier molecular flexibility index (Phi) is 8.34. The van der Waals surface area contributed by atoms with Gasteiger partial charge in [0, 0.05) is 44.2 Å². The van der Waals surface area contributed by atoms with E-state index in [0.29, 0.717) is 36.1 Å². The number of nitrogens with two attached hydrogens (primary N) is 1. The van der Waals surface area contributed by atoms with E-state index in [-0.39, 0.29) is 11.9 Å². The molecule has 1 aliphatic carbocycles. The molecule has 1 aliphatic heterocycles. The van der Waals surface area contributed by atoms with Crippen molar-refractivity contribution in [2.75, 3.05) is 51.4 Å². The first kappa shape index (κ1) is 28.1. The maximum atomic E-state index is 12.7. The van der Waals surface area contributed by atoms with E-state index in [2.05, 4.69) is 36.8 Å². The van der Waals surface area contributed by atoms with Crippen molar-refractivity contribution < 1.29 is 9.53 Å². The molecule has 1 amide bonds. The zero-order chi connectivity index (χ0) is 29.1. The Hall–Kier alpha value is -4.02. The number of aromatic nitrogens is 4. The molecule has 42 heavy (non-hydrogen) atoms. The standard InChI is InChI=1S/C32H40N8O2/c1-38-16-18-39(19-17-38)24-10-12-25(13-11-24)40-32-29(31(33)34-21-35-32)30(37-40)23-9-14-26(27(20-23)42-2)36-28(41)15-8-22-6-4-3-5-7-22/h3-7,9,14,20-21,24-25H,8,10-13,15-19H2,1-2H3,(H,36,41)(H2,33,34,35)/t24-,25+. The first-order valence-corrected chi connectivity index (χ1v) is 14.9. The third-order valence-corrected chi connectivity index (χ3v) is 8.82. The van der Waals surface area contributed by atoms with E-state index in [1.807, 2.05) is 48.5 Å². The van der Waals surface area contributed by atoms with Crippen LogP contribution in [0.25, 0.3) is 22.3 Å². The van der Waals surface area contributed by atoms with Crippen molar-refractivity contribution >= 4 is 28.4 Å². The van der Waals surface area contributed by atoms with Gasteiger partial charge in [0.2, 0.25) is 5.91 Å². The first-order valence-electron chi connectivity index (χ1n) is 14.9. The van der Waals surface area contributed by atoms with Crippen LogP contribution in [0.4, 0.5) is 11.5 Å². The summed E-state index contributed by atoms with van der Waals surface area (Å²) in [6, 6.07) is 16.6. The highest BCUT2D eigenvalue weighted by molar-refractivity contribution is 5.99. The Bertz CT molecular complexity index is 1520. The minimum Gasteiger partial charge on any atom is -0.495 e. The molecule has 3 N–H and O–H groups in total. The third-order valence-electron chi connectivity index (χ3n) is 8.82. The molecule has 0 bridgehead atoms. The molecule has 0 spiro atoms. The number of anilines is 2. The Balaban J connectivity index is 1.21. The number of carbonyl (C=O) groups excluding carboxylic acids is 1. The number of likely N-dealkylation sites (N-methyl/N-ethyl adjacent to an activating group) is 1. The lowest BCUT2D eigenvalue weighted by atomic mass is 9.90. The van der Waals surface area contributed by atoms with Gasteiger partial charge in [-0.1, -0.05) is 36.4 Å². The summed E-state index contributed by atoms with van der Waals surface area (Å²) >= 11 is 0. The molecule has 1 saturated heterocycles. The van der Waals surface area contributed by atoms with Gasteiger partial charge in [0.25, 0.3) is 0 Å². The Labute approximate surface area is 246 Å². The van der Waals surface area contributed by atoms with Gasteiger partial charge in [-0.15, -0.1) is 0 Å². The lowest BCUT2D eigenvalue weighted by Crippen LogP contribution is -2.49. The zero-order valence-corrected chi connectivity index (χ0v) is 24.5. The number of nitrogens with one attached hydrogen (secondary N) is 1. The quantitative estimate of drug-likeness (QED) is 0.322. The van der Waals surface area contributed by atoms with Crippen LogP contribution in [0, 0.1) is 0 Å². The average molecular weight is 569 g/mol. The number of amides is 1. The molecular weight excluding hydrogens is 528 g/mol. The second kappa shape index (κ2) is 12.5. The topological polar surface area (TPSA) is 114 Å². The monoisotopic (exact) mass is 568 g/mol. The molecule has 10 heteroatoms. The van der Waals surface area contributed by atoms with E-state index in [1.165, 1.54) is 6.33 Å². The molecule has 0 unspecified atom stereocenters. The maximum Gasteiger partial charge on any atom is 0.224 e. The van der Waals surface area contributed by atoms with Crippen molar-refractivity contribution in [1.29, 1.82) is 0 Å². The average Bonchev–Trinajstić information content (AvgIpc) is 3.42. The molecule has 1 saturated carbocycles. The molecule has 3 heterocycles. The minimum atomic E-state index is -0.0653. The van der Waals surface area contributed by atoms with Crippen molar-refractivity contribution in [3.05, 3.63) is 60.4 Å². The van der Waals surface area contributed by atoms with Gasteiger partial charge < -0.3 is 20.7 Å². The number of nitrogens with zero attached hydrogens (tertiary/aromatic N) is 6. The van der Waals surface area contributed by atoms with Gasteiger partial charge in [0.1, 0.15) is 23.6 Å². The summed E-state index contributed by atoms with van der Waals surface area (Å²) < 4.78 is 7.76. The molecule has 6 rings (SSSR count). The number of aryl methyl sites for hydroxylation is 1. The predicted molar refractivity (Wildman–Crippen MR) is 165 cm³/mol. The third kappa shape index (κ3) is 5.96. The van der Waals surface area contributed by atoms with Crippen molar-refractivity contribution in [1.82, 2.24) is 29.5 Å². The van der Waals surface area contributed by atoms with Crippen LogP contribution in [-0.2, 0) is 11.2 Å². The fraction of sp³-hybridized carbons (Fsp3) is 0.438. The van der Waals surface area contributed by atoms with E-state index in [0.717, 1.165) is 79.7 Å². The van der Waals surface area contributed by atoms with Gasteiger partial charge in [-0.25, -0.2) is 14.6 Å². The molecule has 4 aromatic rings. The second-order valence-corrected chi connectivity index (χ2v) is 11.5. The van der Waals surface area contributed by atoms with Crippen molar-refractivity contribution in [2.45, 2.75) is 50.6 Å². The summed E-state index contributed by atoms with van der Waals surface area (Å²) in [5, 5.41) is 8.85. The van der Waals surface area contributed by atoms with Crippen molar-refractivity contribution in [3.8, 4) is 17.0 Å². The molecule has 2 aromatic carbocycles. The van der Waals surface area contributed by atoms with Gasteiger partial charge in [-0.05, 0) is 56.8 Å². The molecule has 2 fully saturated rings. The van der Waals surface area contributed by atoms with Crippen LogP contribution in [-0.4, -0.2) is 81.8 Å². The van der Waals surface area contributed by atoms with Crippen LogP contribution < -0.4 is 15.8 Å². The molecule has 220 valence electrons. The number of hydrogen-bond acceptors (Lipinski definition) is 8. The maximum absolute atomic E-state index is 12.7. The summed E-state index contributed by atoms with van der Waals surface area (Å²) in [7, 11) is 3.81. The van der Waals surface area contributed by atoms with Gasteiger partial charge in [-0.2, -0.15) is 5.10 Å². The number of hydrogen-bond donors (Lipinski definition) is 2. The van der Waals surface area contributed by atoms with Crippen LogP contribution >= 0.6 is 0 Å². The highest BCUT2D eigenvalue weighted by Crippen LogP contribution is 2.39. The van der Waals surface area contributed by atoms with Crippen LogP contribution in [0.15, 0.2) is 54.9 Å². The van der Waals surface area contributed by atoms with E-state index in [9.17, 15) is 4.79 Å². The summed E-state index contributed by atoms with van der Waals surface area (Å²) in [6.45, 7) is 4.58. The highest BCUT2D eigenvalue weighted by Gasteiger charge is 2.30. The van der Waals surface area contributed by atoms with Crippen molar-refractivity contribution in [2.24, 2.45) is 0 Å². The Morgan fingerprint density at radius 2 is 1.74 bits per heavy atom. The van der Waals surface area contributed by atoms with Crippen molar-refractivity contribution in [3.63, 3.8) is 0 Å². The Morgan fingerprint density at radius 1 is 1.00 bits per heavy atom. The van der Waals surface area contributed by atoms with Crippen LogP contribution in [0.3, 0.4) is 0 Å². The molecule has 10 nitrogen and oxygen atoms in total. The van der Waals surface area contributed by atoms with Crippen LogP contribution in [0.1, 0.15) is 43.7 Å². The predicted octanol–water partition coefficient (Wildman–Crippen LogP) is 4.39. The number of rotatable bonds is 8. The number of methoxy groups -OCH3 is 1. The van der Waals surface area contributed by atoms with E-state index < -0.39 is 0 Å². The van der Waals surface area contributed by atoms with Gasteiger partial charge in [0.05, 0.1) is 24.2 Å².